The van der Waals surface area contributed by atoms with Gasteiger partial charge in [0, 0.05) is 6.04 Å². The Morgan fingerprint density at radius 2 is 1.71 bits per heavy atom. The van der Waals surface area contributed by atoms with Gasteiger partial charge in [0.15, 0.2) is 0 Å². The summed E-state index contributed by atoms with van der Waals surface area (Å²) >= 11 is 0. The van der Waals surface area contributed by atoms with Crippen LogP contribution in [0, 0.1) is 11.3 Å². The van der Waals surface area contributed by atoms with Gasteiger partial charge in [-0.2, -0.15) is 0 Å². The summed E-state index contributed by atoms with van der Waals surface area (Å²) in [4.78, 5) is 0. The first kappa shape index (κ1) is 14.0. The average Bonchev–Trinajstić information content (AvgIpc) is 1.97. The van der Waals surface area contributed by atoms with E-state index in [4.69, 9.17) is 5.73 Å². The molecule has 0 bridgehead atoms. The SMILES string of the molecule is CCCCC(C)(CC(C)C)CC(C)N. The van der Waals surface area contributed by atoms with Crippen molar-refractivity contribution in [2.24, 2.45) is 17.1 Å². The summed E-state index contributed by atoms with van der Waals surface area (Å²) < 4.78 is 0. The van der Waals surface area contributed by atoms with Gasteiger partial charge in [0.2, 0.25) is 0 Å². The lowest BCUT2D eigenvalue weighted by Crippen LogP contribution is -2.28. The molecular weight excluding hydrogens is 170 g/mol. The zero-order chi connectivity index (χ0) is 11.2. The molecule has 0 saturated carbocycles. The van der Waals surface area contributed by atoms with E-state index < -0.39 is 0 Å². The van der Waals surface area contributed by atoms with E-state index in [0.717, 1.165) is 5.92 Å². The Balaban J connectivity index is 4.17. The molecule has 2 unspecified atom stereocenters. The zero-order valence-electron chi connectivity index (χ0n) is 10.8. The van der Waals surface area contributed by atoms with Crippen LogP contribution in [-0.4, -0.2) is 6.04 Å². The normalized spacial score (nSPS) is 18.2. The van der Waals surface area contributed by atoms with Crippen LogP contribution in [-0.2, 0) is 0 Å². The maximum absolute atomic E-state index is 5.93. The number of hydrogen-bond acceptors (Lipinski definition) is 1. The van der Waals surface area contributed by atoms with E-state index >= 15 is 0 Å². The minimum atomic E-state index is 0.343. The number of nitrogens with two attached hydrogens (primary N) is 1. The quantitative estimate of drug-likeness (QED) is 0.659. The van der Waals surface area contributed by atoms with Crippen molar-refractivity contribution < 1.29 is 0 Å². The number of unbranched alkanes of at least 4 members (excludes halogenated alkanes) is 1. The zero-order valence-corrected chi connectivity index (χ0v) is 10.8. The molecule has 0 radical (unpaired) electrons. The number of rotatable bonds is 7. The molecule has 0 aliphatic carbocycles. The largest absolute Gasteiger partial charge is 0.328 e. The summed E-state index contributed by atoms with van der Waals surface area (Å²) in [6.07, 6.45) is 6.46. The van der Waals surface area contributed by atoms with Crippen LogP contribution in [0.15, 0.2) is 0 Å². The van der Waals surface area contributed by atoms with E-state index in [1.54, 1.807) is 0 Å². The van der Waals surface area contributed by atoms with E-state index in [9.17, 15) is 0 Å². The average molecular weight is 199 g/mol. The molecule has 0 aliphatic rings. The van der Waals surface area contributed by atoms with Crippen LogP contribution in [0.25, 0.3) is 0 Å². The molecule has 14 heavy (non-hydrogen) atoms. The second-order valence-corrected chi connectivity index (χ2v) is 5.69. The molecule has 0 saturated heterocycles. The van der Waals surface area contributed by atoms with Crippen LogP contribution in [0.5, 0.6) is 0 Å². The van der Waals surface area contributed by atoms with E-state index in [1.165, 1.54) is 32.1 Å². The molecule has 1 nitrogen and oxygen atoms in total. The second-order valence-electron chi connectivity index (χ2n) is 5.69. The topological polar surface area (TPSA) is 26.0 Å². The van der Waals surface area contributed by atoms with Crippen LogP contribution >= 0.6 is 0 Å². The van der Waals surface area contributed by atoms with Crippen molar-refractivity contribution in [2.45, 2.75) is 72.8 Å². The summed E-state index contributed by atoms with van der Waals surface area (Å²) in [5.74, 6) is 0.788. The molecule has 2 N–H and O–H groups in total. The van der Waals surface area contributed by atoms with Crippen molar-refractivity contribution >= 4 is 0 Å². The summed E-state index contributed by atoms with van der Waals surface area (Å²) in [5, 5.41) is 0. The fourth-order valence-corrected chi connectivity index (χ4v) is 2.65. The fourth-order valence-electron chi connectivity index (χ4n) is 2.65. The monoisotopic (exact) mass is 199 g/mol. The molecule has 1 heteroatoms. The summed E-state index contributed by atoms with van der Waals surface area (Å²) in [5.41, 5.74) is 6.40. The predicted molar refractivity (Wildman–Crippen MR) is 65.4 cm³/mol. The van der Waals surface area contributed by atoms with Crippen LogP contribution in [0.2, 0.25) is 0 Å². The van der Waals surface area contributed by atoms with Crippen LogP contribution in [0.4, 0.5) is 0 Å². The molecule has 0 aromatic rings. The first-order chi connectivity index (χ1) is 6.39. The third kappa shape index (κ3) is 6.42. The summed E-state index contributed by atoms with van der Waals surface area (Å²) in [7, 11) is 0. The number of hydrogen-bond donors (Lipinski definition) is 1. The van der Waals surface area contributed by atoms with Crippen molar-refractivity contribution in [1.29, 1.82) is 0 Å². The van der Waals surface area contributed by atoms with E-state index in [2.05, 4.69) is 34.6 Å². The highest BCUT2D eigenvalue weighted by Crippen LogP contribution is 2.36. The smallest absolute Gasteiger partial charge is 0.00156 e. The standard InChI is InChI=1S/C13H29N/c1-6-7-8-13(5,9-11(2)3)10-12(4)14/h11-12H,6-10,14H2,1-5H3. The van der Waals surface area contributed by atoms with Crippen molar-refractivity contribution in [1.82, 2.24) is 0 Å². The van der Waals surface area contributed by atoms with Crippen LogP contribution < -0.4 is 5.73 Å². The van der Waals surface area contributed by atoms with Crippen molar-refractivity contribution in [3.8, 4) is 0 Å². The molecule has 2 atom stereocenters. The molecule has 0 aliphatic heterocycles. The Bertz CT molecular complexity index is 128. The highest BCUT2D eigenvalue weighted by Gasteiger charge is 2.25. The van der Waals surface area contributed by atoms with Gasteiger partial charge in [0.05, 0.1) is 0 Å². The first-order valence-electron chi connectivity index (χ1n) is 6.15. The van der Waals surface area contributed by atoms with Crippen LogP contribution in [0.3, 0.4) is 0 Å². The highest BCUT2D eigenvalue weighted by molar-refractivity contribution is 4.79. The molecular formula is C13H29N. The van der Waals surface area contributed by atoms with Crippen molar-refractivity contribution in [3.63, 3.8) is 0 Å². The van der Waals surface area contributed by atoms with Gasteiger partial charge in [-0.15, -0.1) is 0 Å². The molecule has 0 fully saturated rings. The van der Waals surface area contributed by atoms with Crippen LogP contribution in [0.1, 0.15) is 66.7 Å². The molecule has 0 heterocycles. The van der Waals surface area contributed by atoms with Gasteiger partial charge < -0.3 is 5.73 Å². The van der Waals surface area contributed by atoms with Gasteiger partial charge in [-0.05, 0) is 37.5 Å². The van der Waals surface area contributed by atoms with Gasteiger partial charge in [0.1, 0.15) is 0 Å². The maximum Gasteiger partial charge on any atom is 0.00156 e. The van der Waals surface area contributed by atoms with Crippen molar-refractivity contribution in [3.05, 3.63) is 0 Å². The van der Waals surface area contributed by atoms with Gasteiger partial charge in [0.25, 0.3) is 0 Å². The second kappa shape index (κ2) is 6.44. The minimum Gasteiger partial charge on any atom is -0.328 e. The lowest BCUT2D eigenvalue weighted by Gasteiger charge is -2.33. The molecule has 0 rings (SSSR count). The Morgan fingerprint density at radius 1 is 1.14 bits per heavy atom. The Hall–Kier alpha value is -0.0400. The third-order valence-corrected chi connectivity index (χ3v) is 2.85. The molecule has 0 aromatic carbocycles. The molecule has 86 valence electrons. The lowest BCUT2D eigenvalue weighted by atomic mass is 9.74. The summed E-state index contributed by atoms with van der Waals surface area (Å²) in [6.45, 7) is 11.4. The Morgan fingerprint density at radius 3 is 2.07 bits per heavy atom. The minimum absolute atomic E-state index is 0.343. The van der Waals surface area contributed by atoms with Crippen molar-refractivity contribution in [2.75, 3.05) is 0 Å². The molecule has 0 amide bonds. The van der Waals surface area contributed by atoms with Gasteiger partial charge >= 0.3 is 0 Å². The Labute approximate surface area is 90.5 Å². The third-order valence-electron chi connectivity index (χ3n) is 2.85. The highest BCUT2D eigenvalue weighted by atomic mass is 14.6. The maximum atomic E-state index is 5.93. The van der Waals surface area contributed by atoms with E-state index in [1.807, 2.05) is 0 Å². The van der Waals surface area contributed by atoms with E-state index in [0.29, 0.717) is 11.5 Å². The first-order valence-corrected chi connectivity index (χ1v) is 6.15. The lowest BCUT2D eigenvalue weighted by molar-refractivity contribution is 0.199. The molecule has 0 aromatic heterocycles. The van der Waals surface area contributed by atoms with Gasteiger partial charge in [-0.1, -0.05) is 40.5 Å². The molecule has 0 spiro atoms. The summed E-state index contributed by atoms with van der Waals surface area (Å²) in [6, 6.07) is 0.343. The van der Waals surface area contributed by atoms with Gasteiger partial charge in [-0.3, -0.25) is 0 Å². The fraction of sp³-hybridized carbons (Fsp3) is 1.00. The Kier molecular flexibility index (Phi) is 6.43. The van der Waals surface area contributed by atoms with E-state index in [-0.39, 0.29) is 0 Å². The van der Waals surface area contributed by atoms with Gasteiger partial charge in [-0.25, -0.2) is 0 Å². The predicted octanol–water partition coefficient (Wildman–Crippen LogP) is 3.97.